The smallest absolute Gasteiger partial charge is 0.306 e. The van der Waals surface area contributed by atoms with Crippen molar-refractivity contribution in [3.05, 3.63) is 12.2 Å². The Balaban J connectivity index is 2.14. The Morgan fingerprint density at radius 3 is 2.95 bits per heavy atom. The van der Waals surface area contributed by atoms with Gasteiger partial charge in [0, 0.05) is 19.9 Å². The Morgan fingerprint density at radius 2 is 2.19 bits per heavy atom. The molecule has 0 aromatic rings. The zero-order valence-corrected chi connectivity index (χ0v) is 12.3. The van der Waals surface area contributed by atoms with Gasteiger partial charge in [-0.1, -0.05) is 12.2 Å². The lowest BCUT2D eigenvalue weighted by atomic mass is 10.1. The highest BCUT2D eigenvalue weighted by Gasteiger charge is 2.33. The number of carbonyl (C=O) groups excluding carboxylic acids is 3. The van der Waals surface area contributed by atoms with Crippen molar-refractivity contribution in [2.24, 2.45) is 0 Å². The predicted octanol–water partition coefficient (Wildman–Crippen LogP) is 0.765. The molecule has 2 amide bonds. The van der Waals surface area contributed by atoms with Gasteiger partial charge in [-0.05, 0) is 25.7 Å². The molecular formula is C15H22N2O4. The van der Waals surface area contributed by atoms with E-state index in [1.807, 2.05) is 12.2 Å². The molecule has 2 aliphatic rings. The van der Waals surface area contributed by atoms with Gasteiger partial charge < -0.3 is 15.0 Å². The number of nitrogens with zero attached hydrogens (tertiary/aromatic N) is 1. The maximum Gasteiger partial charge on any atom is 0.306 e. The van der Waals surface area contributed by atoms with Crippen LogP contribution < -0.4 is 5.32 Å². The summed E-state index contributed by atoms with van der Waals surface area (Å²) < 4.78 is 5.24. The average molecular weight is 294 g/mol. The van der Waals surface area contributed by atoms with Crippen LogP contribution in [0.1, 0.15) is 39.0 Å². The van der Waals surface area contributed by atoms with Crippen molar-refractivity contribution in [3.8, 4) is 0 Å². The maximum absolute atomic E-state index is 12.6. The minimum Gasteiger partial charge on any atom is -0.463 e. The largest absolute Gasteiger partial charge is 0.463 e. The monoisotopic (exact) mass is 294 g/mol. The van der Waals surface area contributed by atoms with E-state index in [1.54, 1.807) is 4.90 Å². The topological polar surface area (TPSA) is 75.7 Å². The predicted molar refractivity (Wildman–Crippen MR) is 76.3 cm³/mol. The van der Waals surface area contributed by atoms with Crippen LogP contribution in [0.25, 0.3) is 0 Å². The first kappa shape index (κ1) is 15.5. The summed E-state index contributed by atoms with van der Waals surface area (Å²) in [6, 6.07) is -0.601. The number of hydrogen-bond acceptors (Lipinski definition) is 4. The van der Waals surface area contributed by atoms with E-state index in [2.05, 4.69) is 5.32 Å². The quantitative estimate of drug-likeness (QED) is 0.572. The van der Waals surface area contributed by atoms with Crippen molar-refractivity contribution < 1.29 is 19.1 Å². The summed E-state index contributed by atoms with van der Waals surface area (Å²) in [4.78, 5) is 37.2. The van der Waals surface area contributed by atoms with E-state index in [-0.39, 0.29) is 30.4 Å². The van der Waals surface area contributed by atoms with E-state index in [0.29, 0.717) is 25.8 Å². The molecular weight excluding hydrogens is 272 g/mol. The molecule has 116 valence electrons. The molecule has 0 aromatic heterocycles. The molecule has 0 aromatic carbocycles. The van der Waals surface area contributed by atoms with E-state index in [9.17, 15) is 14.4 Å². The van der Waals surface area contributed by atoms with Crippen LogP contribution >= 0.6 is 0 Å². The lowest BCUT2D eigenvalue weighted by Gasteiger charge is -2.28. The molecule has 0 spiro atoms. The highest BCUT2D eigenvalue weighted by molar-refractivity contribution is 5.87. The number of fused-ring (bicyclic) bond motifs is 1. The fourth-order valence-corrected chi connectivity index (χ4v) is 2.78. The molecule has 1 N–H and O–H groups in total. The number of ether oxygens (including phenoxy) is 1. The Bertz CT molecular complexity index is 447. The summed E-state index contributed by atoms with van der Waals surface area (Å²) in [6.45, 7) is 2.32. The molecule has 0 bridgehead atoms. The second kappa shape index (κ2) is 7.24. The molecule has 0 saturated carbocycles. The van der Waals surface area contributed by atoms with Gasteiger partial charge in [-0.25, -0.2) is 0 Å². The minimum absolute atomic E-state index is 0.0684. The Hall–Kier alpha value is -1.85. The zero-order valence-electron chi connectivity index (χ0n) is 12.3. The van der Waals surface area contributed by atoms with Gasteiger partial charge in [0.05, 0.1) is 6.04 Å². The number of rotatable bonds is 1. The SMILES string of the molecule is CC(=O)N[C@@H]1C/C=C\CCC(=O)OC[C@@H]2CCCN2C1=O. The molecule has 2 aliphatic heterocycles. The fourth-order valence-electron chi connectivity index (χ4n) is 2.78. The van der Waals surface area contributed by atoms with Gasteiger partial charge in [0.2, 0.25) is 11.8 Å². The van der Waals surface area contributed by atoms with Gasteiger partial charge in [0.25, 0.3) is 0 Å². The normalized spacial score (nSPS) is 28.9. The first-order chi connectivity index (χ1) is 10.1. The van der Waals surface area contributed by atoms with Gasteiger partial charge in [-0.3, -0.25) is 14.4 Å². The number of hydrogen-bond donors (Lipinski definition) is 1. The molecule has 0 unspecified atom stereocenters. The highest BCUT2D eigenvalue weighted by atomic mass is 16.5. The third kappa shape index (κ3) is 4.31. The number of nitrogens with one attached hydrogen (secondary N) is 1. The number of amides is 2. The van der Waals surface area contributed by atoms with E-state index in [1.165, 1.54) is 6.92 Å². The van der Waals surface area contributed by atoms with Crippen molar-refractivity contribution in [3.63, 3.8) is 0 Å². The van der Waals surface area contributed by atoms with Crippen LogP contribution in [-0.4, -0.2) is 47.9 Å². The number of carbonyl (C=O) groups is 3. The Kier molecular flexibility index (Phi) is 5.36. The van der Waals surface area contributed by atoms with Crippen LogP contribution in [0, 0.1) is 0 Å². The van der Waals surface area contributed by atoms with Crippen molar-refractivity contribution in [2.45, 2.75) is 51.1 Å². The molecule has 2 rings (SSSR count). The van der Waals surface area contributed by atoms with E-state index < -0.39 is 6.04 Å². The third-order valence-corrected chi connectivity index (χ3v) is 3.83. The summed E-state index contributed by atoms with van der Waals surface area (Å²) in [6.07, 6.45) is 6.83. The summed E-state index contributed by atoms with van der Waals surface area (Å²) in [7, 11) is 0. The number of esters is 1. The first-order valence-electron chi connectivity index (χ1n) is 7.46. The maximum atomic E-state index is 12.6. The Labute approximate surface area is 124 Å². The van der Waals surface area contributed by atoms with Crippen molar-refractivity contribution in [1.82, 2.24) is 10.2 Å². The summed E-state index contributed by atoms with van der Waals surface area (Å²) in [5.41, 5.74) is 0. The lowest BCUT2D eigenvalue weighted by Crippen LogP contribution is -2.50. The lowest BCUT2D eigenvalue weighted by molar-refractivity contribution is -0.148. The van der Waals surface area contributed by atoms with Gasteiger partial charge in [-0.15, -0.1) is 0 Å². The van der Waals surface area contributed by atoms with E-state index >= 15 is 0 Å². The first-order valence-corrected chi connectivity index (χ1v) is 7.46. The van der Waals surface area contributed by atoms with Crippen molar-refractivity contribution in [1.29, 1.82) is 0 Å². The zero-order chi connectivity index (χ0) is 15.2. The molecule has 0 aliphatic carbocycles. The van der Waals surface area contributed by atoms with Gasteiger partial charge >= 0.3 is 5.97 Å². The minimum atomic E-state index is -0.533. The molecule has 6 nitrogen and oxygen atoms in total. The summed E-state index contributed by atoms with van der Waals surface area (Å²) in [5.74, 6) is -0.525. The molecule has 1 saturated heterocycles. The summed E-state index contributed by atoms with van der Waals surface area (Å²) in [5, 5.41) is 2.72. The van der Waals surface area contributed by atoms with Crippen LogP contribution in [0.15, 0.2) is 12.2 Å². The van der Waals surface area contributed by atoms with Crippen molar-refractivity contribution in [2.75, 3.05) is 13.2 Å². The number of cyclic esters (lactones) is 1. The van der Waals surface area contributed by atoms with Gasteiger partial charge in [-0.2, -0.15) is 0 Å². The van der Waals surface area contributed by atoms with E-state index in [0.717, 1.165) is 12.8 Å². The van der Waals surface area contributed by atoms with Crippen LogP contribution in [0.5, 0.6) is 0 Å². The second-order valence-corrected chi connectivity index (χ2v) is 5.51. The fraction of sp³-hybridized carbons (Fsp3) is 0.667. The molecule has 1 fully saturated rings. The molecule has 6 heteroatoms. The van der Waals surface area contributed by atoms with Crippen LogP contribution in [0.2, 0.25) is 0 Å². The molecule has 21 heavy (non-hydrogen) atoms. The average Bonchev–Trinajstić information content (AvgIpc) is 2.89. The van der Waals surface area contributed by atoms with Gasteiger partial charge in [0.15, 0.2) is 0 Å². The standard InChI is InChI=1S/C15H22N2O4/c1-11(18)16-13-7-3-2-4-8-14(19)21-10-12-6-5-9-17(12)15(13)20/h2-3,12-13H,4-10H2,1H3,(H,16,18)/b3-2-/t12-,13+/m0/s1. The molecule has 2 atom stereocenters. The second-order valence-electron chi connectivity index (χ2n) is 5.51. The van der Waals surface area contributed by atoms with Crippen molar-refractivity contribution >= 4 is 17.8 Å². The van der Waals surface area contributed by atoms with Crippen LogP contribution in [0.3, 0.4) is 0 Å². The molecule has 0 radical (unpaired) electrons. The Morgan fingerprint density at radius 1 is 1.38 bits per heavy atom. The highest BCUT2D eigenvalue weighted by Crippen LogP contribution is 2.20. The van der Waals surface area contributed by atoms with E-state index in [4.69, 9.17) is 4.74 Å². The van der Waals surface area contributed by atoms with Crippen LogP contribution in [0.4, 0.5) is 0 Å². The summed E-state index contributed by atoms with van der Waals surface area (Å²) >= 11 is 0. The third-order valence-electron chi connectivity index (χ3n) is 3.83. The van der Waals surface area contributed by atoms with Gasteiger partial charge in [0.1, 0.15) is 12.6 Å². The number of allylic oxidation sites excluding steroid dienone is 1. The molecule has 2 heterocycles. The van der Waals surface area contributed by atoms with Crippen LogP contribution in [-0.2, 0) is 19.1 Å².